The fourth-order valence-electron chi connectivity index (χ4n) is 1.54. The molecule has 0 aromatic heterocycles. The molecule has 1 unspecified atom stereocenters. The van der Waals surface area contributed by atoms with Gasteiger partial charge in [-0.3, -0.25) is 4.79 Å². The van der Waals surface area contributed by atoms with Gasteiger partial charge in [-0.2, -0.15) is 0 Å². The van der Waals surface area contributed by atoms with Crippen LogP contribution in [0.25, 0.3) is 0 Å². The Bertz CT molecular complexity index is 393. The lowest BCUT2D eigenvalue weighted by Gasteiger charge is -2.12. The van der Waals surface area contributed by atoms with Crippen molar-refractivity contribution in [1.29, 1.82) is 0 Å². The molecule has 1 amide bonds. The lowest BCUT2D eigenvalue weighted by molar-refractivity contribution is 0.0948. The van der Waals surface area contributed by atoms with Crippen LogP contribution < -0.4 is 5.32 Å². The zero-order valence-electron chi connectivity index (χ0n) is 10.4. The Kier molecular flexibility index (Phi) is 5.45. The molecule has 0 radical (unpaired) electrons. The molecule has 0 fully saturated rings. The van der Waals surface area contributed by atoms with Crippen LogP contribution in [0.3, 0.4) is 0 Å². The highest BCUT2D eigenvalue weighted by Gasteiger charge is 2.11. The molecule has 1 aromatic rings. The number of nitrogens with one attached hydrogen (secondary N) is 1. The Morgan fingerprint density at radius 2 is 2.18 bits per heavy atom. The van der Waals surface area contributed by atoms with Gasteiger partial charge in [-0.15, -0.1) is 11.6 Å². The largest absolute Gasteiger partial charge is 0.383 e. The van der Waals surface area contributed by atoms with Gasteiger partial charge in [-0.25, -0.2) is 0 Å². The van der Waals surface area contributed by atoms with Crippen LogP contribution >= 0.6 is 11.6 Å². The molecule has 1 atom stereocenters. The van der Waals surface area contributed by atoms with Gasteiger partial charge in [0.2, 0.25) is 0 Å². The minimum atomic E-state index is -0.200. The monoisotopic (exact) mass is 255 g/mol. The van der Waals surface area contributed by atoms with Crippen molar-refractivity contribution >= 4 is 17.5 Å². The van der Waals surface area contributed by atoms with E-state index in [0.29, 0.717) is 18.7 Å². The first-order valence-corrected chi connectivity index (χ1v) is 5.97. The molecule has 0 heterocycles. The van der Waals surface area contributed by atoms with E-state index >= 15 is 0 Å². The van der Waals surface area contributed by atoms with Gasteiger partial charge in [0.25, 0.3) is 5.91 Å². The second kappa shape index (κ2) is 6.62. The highest BCUT2D eigenvalue weighted by molar-refractivity contribution is 6.21. The van der Waals surface area contributed by atoms with Crippen LogP contribution in [0, 0.1) is 13.8 Å². The number of benzene rings is 1. The number of hydrogen-bond donors (Lipinski definition) is 1. The van der Waals surface area contributed by atoms with E-state index in [1.165, 1.54) is 0 Å². The second-order valence-electron chi connectivity index (χ2n) is 4.01. The fourth-order valence-corrected chi connectivity index (χ4v) is 1.74. The zero-order valence-corrected chi connectivity index (χ0v) is 11.2. The Balaban J connectivity index is 2.61. The average molecular weight is 256 g/mol. The summed E-state index contributed by atoms with van der Waals surface area (Å²) in [5, 5.41) is 2.60. The van der Waals surface area contributed by atoms with Crippen LogP contribution in [0.4, 0.5) is 0 Å². The molecular weight excluding hydrogens is 238 g/mol. The summed E-state index contributed by atoms with van der Waals surface area (Å²) in [6.07, 6.45) is 0. The second-order valence-corrected chi connectivity index (χ2v) is 4.63. The molecule has 0 spiro atoms. The predicted octanol–water partition coefficient (Wildman–Crippen LogP) is 2.29. The summed E-state index contributed by atoms with van der Waals surface area (Å²) in [5.74, 6) is -0.0899. The maximum atomic E-state index is 11.9. The van der Waals surface area contributed by atoms with E-state index in [1.807, 2.05) is 32.0 Å². The van der Waals surface area contributed by atoms with Gasteiger partial charge < -0.3 is 10.1 Å². The van der Waals surface area contributed by atoms with Crippen LogP contribution in [-0.4, -0.2) is 31.5 Å². The number of rotatable bonds is 5. The topological polar surface area (TPSA) is 38.3 Å². The summed E-state index contributed by atoms with van der Waals surface area (Å²) < 4.78 is 4.90. The summed E-state index contributed by atoms with van der Waals surface area (Å²) in [7, 11) is 1.59. The summed E-state index contributed by atoms with van der Waals surface area (Å²) in [6, 6.07) is 5.68. The molecule has 0 aliphatic heterocycles. The average Bonchev–Trinajstić information content (AvgIpc) is 2.30. The molecule has 4 heteroatoms. The molecule has 1 aromatic carbocycles. The molecule has 0 bridgehead atoms. The molecule has 3 nitrogen and oxygen atoms in total. The van der Waals surface area contributed by atoms with Gasteiger partial charge in [0.05, 0.1) is 12.0 Å². The number of carbonyl (C=O) groups excluding carboxylic acids is 1. The number of aryl methyl sites for hydroxylation is 1. The summed E-state index contributed by atoms with van der Waals surface area (Å²) in [5.41, 5.74) is 2.81. The highest BCUT2D eigenvalue weighted by Crippen LogP contribution is 2.12. The van der Waals surface area contributed by atoms with Crippen LogP contribution in [0.15, 0.2) is 18.2 Å². The molecular formula is C13H18ClNO2. The number of ether oxygens (including phenoxy) is 1. The highest BCUT2D eigenvalue weighted by atomic mass is 35.5. The lowest BCUT2D eigenvalue weighted by Crippen LogP contribution is -2.32. The molecule has 1 rings (SSSR count). The Hall–Kier alpha value is -1.06. The first-order chi connectivity index (χ1) is 8.06. The van der Waals surface area contributed by atoms with Gasteiger partial charge >= 0.3 is 0 Å². The lowest BCUT2D eigenvalue weighted by atomic mass is 10.0. The van der Waals surface area contributed by atoms with Crippen LogP contribution in [0.1, 0.15) is 21.5 Å². The number of alkyl halides is 1. The summed E-state index contributed by atoms with van der Waals surface area (Å²) in [4.78, 5) is 11.9. The molecule has 17 heavy (non-hydrogen) atoms. The van der Waals surface area contributed by atoms with Crippen molar-refractivity contribution in [2.24, 2.45) is 0 Å². The quantitative estimate of drug-likeness (QED) is 0.820. The van der Waals surface area contributed by atoms with Gasteiger partial charge in [-0.05, 0) is 31.0 Å². The van der Waals surface area contributed by atoms with Crippen LogP contribution in [0.2, 0.25) is 0 Å². The Morgan fingerprint density at radius 1 is 1.47 bits per heavy atom. The number of methoxy groups -OCH3 is 1. The van der Waals surface area contributed by atoms with Crippen LogP contribution in [0.5, 0.6) is 0 Å². The van der Waals surface area contributed by atoms with Crippen molar-refractivity contribution in [2.75, 3.05) is 20.3 Å². The maximum absolute atomic E-state index is 11.9. The van der Waals surface area contributed by atoms with Crippen molar-refractivity contribution in [3.8, 4) is 0 Å². The van der Waals surface area contributed by atoms with E-state index in [0.717, 1.165) is 11.1 Å². The van der Waals surface area contributed by atoms with Crippen molar-refractivity contribution in [3.05, 3.63) is 34.9 Å². The number of carbonyl (C=O) groups is 1. The van der Waals surface area contributed by atoms with E-state index in [2.05, 4.69) is 5.32 Å². The smallest absolute Gasteiger partial charge is 0.251 e. The van der Waals surface area contributed by atoms with Crippen molar-refractivity contribution in [3.63, 3.8) is 0 Å². The normalized spacial score (nSPS) is 12.2. The van der Waals surface area contributed by atoms with E-state index < -0.39 is 0 Å². The Morgan fingerprint density at radius 3 is 2.82 bits per heavy atom. The van der Waals surface area contributed by atoms with Crippen molar-refractivity contribution < 1.29 is 9.53 Å². The summed E-state index contributed by atoms with van der Waals surface area (Å²) >= 11 is 5.94. The molecule has 0 aliphatic rings. The van der Waals surface area contributed by atoms with Crippen molar-refractivity contribution in [2.45, 2.75) is 19.2 Å². The van der Waals surface area contributed by atoms with E-state index in [9.17, 15) is 4.79 Å². The van der Waals surface area contributed by atoms with E-state index in [1.54, 1.807) is 7.11 Å². The fraction of sp³-hybridized carbons (Fsp3) is 0.462. The third-order valence-corrected chi connectivity index (χ3v) is 2.96. The first-order valence-electron chi connectivity index (χ1n) is 5.53. The molecule has 1 N–H and O–H groups in total. The molecule has 0 aliphatic carbocycles. The molecule has 0 saturated heterocycles. The maximum Gasteiger partial charge on any atom is 0.251 e. The van der Waals surface area contributed by atoms with Crippen molar-refractivity contribution in [1.82, 2.24) is 5.32 Å². The van der Waals surface area contributed by atoms with E-state index in [-0.39, 0.29) is 11.3 Å². The minimum absolute atomic E-state index is 0.0899. The zero-order chi connectivity index (χ0) is 12.8. The third kappa shape index (κ3) is 4.02. The van der Waals surface area contributed by atoms with Gasteiger partial charge in [-0.1, -0.05) is 12.1 Å². The number of halogens is 1. The van der Waals surface area contributed by atoms with Gasteiger partial charge in [0.1, 0.15) is 0 Å². The number of amides is 1. The summed E-state index contributed by atoms with van der Waals surface area (Å²) in [6.45, 7) is 4.76. The molecule has 94 valence electrons. The number of hydrogen-bond acceptors (Lipinski definition) is 2. The first kappa shape index (κ1) is 14.0. The van der Waals surface area contributed by atoms with Crippen LogP contribution in [-0.2, 0) is 4.74 Å². The Labute approximate surface area is 107 Å². The molecule has 0 saturated carbocycles. The predicted molar refractivity (Wildman–Crippen MR) is 69.8 cm³/mol. The standard InChI is InChI=1S/C13H18ClNO2/c1-9-5-4-6-12(10(9)2)13(16)15-7-11(14)8-17-3/h4-6,11H,7-8H2,1-3H3,(H,15,16). The minimum Gasteiger partial charge on any atom is -0.383 e. The third-order valence-electron chi connectivity index (χ3n) is 2.68. The van der Waals surface area contributed by atoms with Gasteiger partial charge in [0, 0.05) is 19.2 Å². The van der Waals surface area contributed by atoms with Gasteiger partial charge in [0.15, 0.2) is 0 Å². The SMILES string of the molecule is COCC(Cl)CNC(=O)c1cccc(C)c1C. The van der Waals surface area contributed by atoms with E-state index in [4.69, 9.17) is 16.3 Å².